The van der Waals surface area contributed by atoms with Crippen molar-refractivity contribution in [1.82, 2.24) is 0 Å². The van der Waals surface area contributed by atoms with Crippen LogP contribution in [0.4, 0.5) is 11.4 Å². The first kappa shape index (κ1) is 16.1. The summed E-state index contributed by atoms with van der Waals surface area (Å²) < 4.78 is 0. The van der Waals surface area contributed by atoms with E-state index in [4.69, 9.17) is 11.6 Å². The molecule has 0 unspecified atom stereocenters. The molecule has 0 saturated carbocycles. The second-order valence-electron chi connectivity index (χ2n) is 5.73. The Labute approximate surface area is 155 Å². The van der Waals surface area contributed by atoms with E-state index in [1.165, 1.54) is 0 Å². The lowest BCUT2D eigenvalue weighted by molar-refractivity contribution is -0.111. The average molecular weight is 367 g/mol. The topological polar surface area (TPSA) is 32.7 Å². The van der Waals surface area contributed by atoms with Gasteiger partial charge in [-0.2, -0.15) is 11.3 Å². The summed E-state index contributed by atoms with van der Waals surface area (Å²) in [6, 6.07) is 9.16. The molecule has 1 aliphatic carbocycles. The van der Waals surface area contributed by atoms with Crippen LogP contribution < -0.4 is 4.90 Å². The van der Waals surface area contributed by atoms with Gasteiger partial charge >= 0.3 is 0 Å². The molecule has 2 heterocycles. The normalized spacial score (nSPS) is 22.0. The maximum Gasteiger partial charge on any atom is 0.282 e. The fourth-order valence-electron chi connectivity index (χ4n) is 2.91. The van der Waals surface area contributed by atoms with Gasteiger partial charge in [-0.15, -0.1) is 0 Å². The van der Waals surface area contributed by atoms with Gasteiger partial charge in [0.05, 0.1) is 17.1 Å². The molecule has 0 radical (unpaired) electrons. The summed E-state index contributed by atoms with van der Waals surface area (Å²) >= 11 is 7.52. The molecule has 1 fully saturated rings. The Hall–Kier alpha value is -2.43. The molecule has 5 heteroatoms. The van der Waals surface area contributed by atoms with Gasteiger partial charge in [0.1, 0.15) is 5.71 Å². The van der Waals surface area contributed by atoms with E-state index in [0.717, 1.165) is 35.5 Å². The lowest BCUT2D eigenvalue weighted by Gasteiger charge is -2.15. The first-order valence-corrected chi connectivity index (χ1v) is 9.35. The van der Waals surface area contributed by atoms with Gasteiger partial charge in [-0.1, -0.05) is 29.8 Å². The van der Waals surface area contributed by atoms with E-state index in [2.05, 4.69) is 17.1 Å². The second-order valence-corrected chi connectivity index (χ2v) is 6.95. The molecule has 1 aromatic carbocycles. The third-order valence-corrected chi connectivity index (χ3v) is 5.00. The third-order valence-electron chi connectivity index (χ3n) is 4.08. The minimum atomic E-state index is -0.0962. The van der Waals surface area contributed by atoms with Gasteiger partial charge in [0.2, 0.25) is 0 Å². The molecule has 3 nitrogen and oxygen atoms in total. The smallest absolute Gasteiger partial charge is 0.274 e. The lowest BCUT2D eigenvalue weighted by Crippen LogP contribution is -2.25. The fraction of sp³-hybridized carbons (Fsp3) is 0.100. The number of rotatable bonds is 2. The molecule has 0 atom stereocenters. The number of anilines is 1. The van der Waals surface area contributed by atoms with Crippen LogP contribution >= 0.6 is 22.9 Å². The summed E-state index contributed by atoms with van der Waals surface area (Å²) in [7, 11) is 0. The van der Waals surface area contributed by atoms with Crippen LogP contribution in [0.3, 0.4) is 0 Å². The molecular weight excluding hydrogens is 352 g/mol. The second kappa shape index (κ2) is 6.82. The van der Waals surface area contributed by atoms with Gasteiger partial charge in [0, 0.05) is 16.0 Å². The average Bonchev–Trinajstić information content (AvgIpc) is 3.18. The number of benzene rings is 1. The van der Waals surface area contributed by atoms with Gasteiger partial charge in [-0.3, -0.25) is 9.69 Å². The van der Waals surface area contributed by atoms with Crippen molar-refractivity contribution in [2.24, 2.45) is 4.99 Å². The Bertz CT molecular complexity index is 921. The number of hydrogen-bond acceptors (Lipinski definition) is 3. The zero-order chi connectivity index (χ0) is 17.2. The molecule has 1 aliphatic heterocycles. The zero-order valence-electron chi connectivity index (χ0n) is 13.4. The highest BCUT2D eigenvalue weighted by atomic mass is 35.5. The number of allylic oxidation sites excluding steroid dienone is 5. The quantitative estimate of drug-likeness (QED) is 0.672. The molecule has 0 spiro atoms. The summed E-state index contributed by atoms with van der Waals surface area (Å²) in [6.07, 6.45) is 10.1. The minimum absolute atomic E-state index is 0.0962. The highest BCUT2D eigenvalue weighted by Gasteiger charge is 2.38. The largest absolute Gasteiger partial charge is 0.282 e. The fourth-order valence-corrected chi connectivity index (χ4v) is 3.66. The van der Waals surface area contributed by atoms with E-state index in [0.29, 0.717) is 10.7 Å². The van der Waals surface area contributed by atoms with Crippen molar-refractivity contribution in [3.05, 3.63) is 81.7 Å². The van der Waals surface area contributed by atoms with Crippen molar-refractivity contribution >= 4 is 45.9 Å². The Balaban J connectivity index is 1.85. The Morgan fingerprint density at radius 3 is 2.72 bits per heavy atom. The number of carbonyl (C=O) groups excluding carboxylic acids is 1. The molecule has 2 aromatic rings. The number of fused-ring (bicyclic) bond motifs is 1. The molecule has 4 rings (SSSR count). The number of aliphatic imine (C=N–C) groups is 1. The SMILES string of the molecule is O=C1C(=Nc2ccc(Cl)cc2)C2=CCC/C=C\C=C/2N1c1ccsc1. The van der Waals surface area contributed by atoms with Crippen molar-refractivity contribution in [2.75, 3.05) is 4.90 Å². The van der Waals surface area contributed by atoms with Crippen molar-refractivity contribution < 1.29 is 4.79 Å². The van der Waals surface area contributed by atoms with Gasteiger partial charge in [-0.05, 0) is 54.6 Å². The van der Waals surface area contributed by atoms with Crippen molar-refractivity contribution in [3.8, 4) is 0 Å². The molecule has 1 amide bonds. The lowest BCUT2D eigenvalue weighted by atomic mass is 10.1. The maximum atomic E-state index is 13.1. The predicted octanol–water partition coefficient (Wildman–Crippen LogP) is 5.68. The summed E-state index contributed by atoms with van der Waals surface area (Å²) in [5.41, 5.74) is 3.86. The number of halogens is 1. The van der Waals surface area contributed by atoms with E-state index in [1.54, 1.807) is 28.4 Å². The molecular formula is C20H15ClN2OS. The highest BCUT2D eigenvalue weighted by Crippen LogP contribution is 2.35. The summed E-state index contributed by atoms with van der Waals surface area (Å²) in [5.74, 6) is -0.0962. The number of amides is 1. The van der Waals surface area contributed by atoms with E-state index >= 15 is 0 Å². The van der Waals surface area contributed by atoms with Crippen LogP contribution in [0.1, 0.15) is 12.8 Å². The van der Waals surface area contributed by atoms with Crippen LogP contribution in [0.25, 0.3) is 0 Å². The number of nitrogens with zero attached hydrogens (tertiary/aromatic N) is 2. The van der Waals surface area contributed by atoms with E-state index < -0.39 is 0 Å². The molecule has 0 N–H and O–H groups in total. The van der Waals surface area contributed by atoms with E-state index in [1.807, 2.05) is 41.1 Å². The molecule has 25 heavy (non-hydrogen) atoms. The van der Waals surface area contributed by atoms with Crippen LogP contribution in [0.2, 0.25) is 5.02 Å². The molecule has 124 valence electrons. The first-order valence-electron chi connectivity index (χ1n) is 8.03. The Kier molecular flexibility index (Phi) is 4.38. The maximum absolute atomic E-state index is 13.1. The van der Waals surface area contributed by atoms with Crippen molar-refractivity contribution in [1.29, 1.82) is 0 Å². The van der Waals surface area contributed by atoms with Crippen LogP contribution in [-0.4, -0.2) is 11.6 Å². The monoisotopic (exact) mass is 366 g/mol. The van der Waals surface area contributed by atoms with Crippen LogP contribution in [0, 0.1) is 0 Å². The van der Waals surface area contributed by atoms with Gasteiger partial charge in [0.15, 0.2) is 0 Å². The Morgan fingerprint density at radius 1 is 1.12 bits per heavy atom. The minimum Gasteiger partial charge on any atom is -0.274 e. The van der Waals surface area contributed by atoms with Crippen LogP contribution in [-0.2, 0) is 4.79 Å². The molecule has 1 aromatic heterocycles. The van der Waals surface area contributed by atoms with Crippen LogP contribution in [0.5, 0.6) is 0 Å². The standard InChI is InChI=1S/C20H15ClN2OS/c21-14-7-9-15(10-8-14)22-19-17-5-3-1-2-4-6-18(17)23(20(19)24)16-11-12-25-13-16/h2,4-13H,1,3H2/b4-2-,17-5?,18-6+,22-19?. The molecule has 1 saturated heterocycles. The number of thiophene rings is 1. The number of hydrogen-bond donors (Lipinski definition) is 0. The van der Waals surface area contributed by atoms with Gasteiger partial charge in [-0.25, -0.2) is 4.99 Å². The molecule has 2 aliphatic rings. The first-order chi connectivity index (χ1) is 12.2. The zero-order valence-corrected chi connectivity index (χ0v) is 14.9. The van der Waals surface area contributed by atoms with E-state index in [-0.39, 0.29) is 5.91 Å². The van der Waals surface area contributed by atoms with Gasteiger partial charge in [0.25, 0.3) is 5.91 Å². The predicted molar refractivity (Wildman–Crippen MR) is 105 cm³/mol. The summed E-state index contributed by atoms with van der Waals surface area (Å²) in [5, 5.41) is 4.60. The highest BCUT2D eigenvalue weighted by molar-refractivity contribution is 7.08. The summed E-state index contributed by atoms with van der Waals surface area (Å²) in [6.45, 7) is 0. The third kappa shape index (κ3) is 3.11. The molecule has 0 bridgehead atoms. The van der Waals surface area contributed by atoms with Crippen molar-refractivity contribution in [3.63, 3.8) is 0 Å². The Morgan fingerprint density at radius 2 is 1.96 bits per heavy atom. The van der Waals surface area contributed by atoms with Crippen LogP contribution in [0.15, 0.2) is 81.7 Å². The number of carbonyl (C=O) groups is 1. The van der Waals surface area contributed by atoms with E-state index in [9.17, 15) is 4.79 Å². The summed E-state index contributed by atoms with van der Waals surface area (Å²) in [4.78, 5) is 19.5. The van der Waals surface area contributed by atoms with Crippen molar-refractivity contribution in [2.45, 2.75) is 12.8 Å². The van der Waals surface area contributed by atoms with Gasteiger partial charge < -0.3 is 0 Å².